The Labute approximate surface area is 172 Å². The van der Waals surface area contributed by atoms with Crippen LogP contribution in [-0.2, 0) is 13.0 Å². The first-order valence-corrected chi connectivity index (χ1v) is 10.1. The Bertz CT molecular complexity index is 1180. The number of likely N-dealkylation sites (tertiary alicyclic amines) is 1. The van der Waals surface area contributed by atoms with Gasteiger partial charge >= 0.3 is 0 Å². The molecule has 1 aliphatic heterocycles. The van der Waals surface area contributed by atoms with Gasteiger partial charge in [-0.25, -0.2) is 9.37 Å². The molecule has 7 nitrogen and oxygen atoms in total. The van der Waals surface area contributed by atoms with E-state index in [9.17, 15) is 9.18 Å². The molecule has 152 valence electrons. The zero-order valence-corrected chi connectivity index (χ0v) is 16.3. The molecule has 8 heteroatoms. The lowest BCUT2D eigenvalue weighted by Crippen LogP contribution is -2.31. The zero-order chi connectivity index (χ0) is 20.5. The van der Waals surface area contributed by atoms with E-state index in [1.165, 1.54) is 17.7 Å². The first-order valence-electron chi connectivity index (χ1n) is 10.1. The number of fused-ring (bicyclic) bond motifs is 1. The number of aryl methyl sites for hydroxylation is 2. The number of carbonyl (C=O) groups excluding carboxylic acids is 1. The van der Waals surface area contributed by atoms with Gasteiger partial charge in [-0.15, -0.1) is 5.10 Å². The molecule has 1 N–H and O–H groups in total. The van der Waals surface area contributed by atoms with Gasteiger partial charge in [0.2, 0.25) is 0 Å². The van der Waals surface area contributed by atoms with Crippen molar-refractivity contribution in [2.45, 2.75) is 31.8 Å². The Kier molecular flexibility index (Phi) is 4.74. The van der Waals surface area contributed by atoms with Crippen molar-refractivity contribution < 1.29 is 9.18 Å². The van der Waals surface area contributed by atoms with Crippen molar-refractivity contribution in [2.75, 3.05) is 6.54 Å². The normalized spacial score (nSPS) is 16.4. The van der Waals surface area contributed by atoms with E-state index in [1.807, 2.05) is 18.2 Å². The van der Waals surface area contributed by atoms with Crippen LogP contribution < -0.4 is 0 Å². The predicted octanol–water partition coefficient (Wildman–Crippen LogP) is 3.51. The summed E-state index contributed by atoms with van der Waals surface area (Å²) in [6.07, 6.45) is 4.20. The Morgan fingerprint density at radius 2 is 2.07 bits per heavy atom. The van der Waals surface area contributed by atoms with Crippen molar-refractivity contribution in [3.8, 4) is 0 Å². The van der Waals surface area contributed by atoms with Crippen molar-refractivity contribution in [2.24, 2.45) is 0 Å². The van der Waals surface area contributed by atoms with Crippen molar-refractivity contribution >= 4 is 16.9 Å². The van der Waals surface area contributed by atoms with E-state index in [4.69, 9.17) is 0 Å². The molecule has 2 aromatic heterocycles. The van der Waals surface area contributed by atoms with Crippen molar-refractivity contribution in [1.29, 1.82) is 0 Å². The Hall–Kier alpha value is -3.55. The van der Waals surface area contributed by atoms with Gasteiger partial charge in [-0.05, 0) is 43.0 Å². The van der Waals surface area contributed by atoms with Crippen LogP contribution in [-0.4, -0.2) is 42.3 Å². The molecule has 0 radical (unpaired) electrons. The van der Waals surface area contributed by atoms with Gasteiger partial charge in [0.05, 0.1) is 23.3 Å². The summed E-state index contributed by atoms with van der Waals surface area (Å²) in [4.78, 5) is 22.6. The lowest BCUT2D eigenvalue weighted by atomic mass is 10.1. The molecule has 1 saturated heterocycles. The average molecular weight is 404 g/mol. The van der Waals surface area contributed by atoms with Gasteiger partial charge in [0.15, 0.2) is 5.69 Å². The predicted molar refractivity (Wildman–Crippen MR) is 109 cm³/mol. The molecule has 0 aliphatic carbocycles. The third-order valence-electron chi connectivity index (χ3n) is 5.52. The van der Waals surface area contributed by atoms with Gasteiger partial charge in [0.1, 0.15) is 11.6 Å². The molecule has 0 saturated carbocycles. The molecular weight excluding hydrogens is 383 g/mol. The van der Waals surface area contributed by atoms with Crippen LogP contribution in [0.2, 0.25) is 0 Å². The number of nitrogens with zero attached hydrogens (tertiary/aromatic N) is 5. The second-order valence-corrected chi connectivity index (χ2v) is 7.54. The average Bonchev–Trinajstić information content (AvgIpc) is 3.50. The number of halogens is 1. The molecule has 2 aromatic carbocycles. The van der Waals surface area contributed by atoms with Gasteiger partial charge in [-0.1, -0.05) is 35.5 Å². The van der Waals surface area contributed by atoms with Crippen molar-refractivity contribution in [3.63, 3.8) is 0 Å². The zero-order valence-electron chi connectivity index (χ0n) is 16.3. The monoisotopic (exact) mass is 404 g/mol. The second kappa shape index (κ2) is 7.70. The number of hydrogen-bond acceptors (Lipinski definition) is 4. The maximum Gasteiger partial charge on any atom is 0.276 e. The molecule has 5 rings (SSSR count). The molecule has 0 spiro atoms. The molecule has 0 bridgehead atoms. The van der Waals surface area contributed by atoms with Crippen molar-refractivity contribution in [1.82, 2.24) is 29.9 Å². The number of carbonyl (C=O) groups is 1. The number of imidazole rings is 1. The summed E-state index contributed by atoms with van der Waals surface area (Å²) in [6, 6.07) is 14.4. The van der Waals surface area contributed by atoms with Crippen LogP contribution in [0.3, 0.4) is 0 Å². The minimum atomic E-state index is -0.316. The highest BCUT2D eigenvalue weighted by Gasteiger charge is 2.34. The number of amides is 1. The van der Waals surface area contributed by atoms with Gasteiger partial charge in [-0.3, -0.25) is 9.48 Å². The van der Waals surface area contributed by atoms with Crippen LogP contribution in [0.15, 0.2) is 54.7 Å². The highest BCUT2D eigenvalue weighted by atomic mass is 19.1. The highest BCUT2D eigenvalue weighted by molar-refractivity contribution is 5.92. The molecule has 1 atom stereocenters. The van der Waals surface area contributed by atoms with E-state index in [1.54, 1.807) is 21.8 Å². The van der Waals surface area contributed by atoms with Crippen LogP contribution >= 0.6 is 0 Å². The summed E-state index contributed by atoms with van der Waals surface area (Å²) in [5, 5.41) is 8.22. The minimum absolute atomic E-state index is 0.157. The van der Waals surface area contributed by atoms with Crippen LogP contribution in [0.1, 0.15) is 40.8 Å². The fourth-order valence-corrected chi connectivity index (χ4v) is 3.99. The summed E-state index contributed by atoms with van der Waals surface area (Å²) < 4.78 is 15.2. The lowest BCUT2D eigenvalue weighted by Gasteiger charge is -2.21. The topological polar surface area (TPSA) is 79.7 Å². The molecule has 1 aliphatic rings. The van der Waals surface area contributed by atoms with E-state index in [0.29, 0.717) is 35.6 Å². The molecular formula is C22H21FN6O. The quantitative estimate of drug-likeness (QED) is 0.552. The number of H-pyrrole nitrogens is 1. The molecule has 30 heavy (non-hydrogen) atoms. The number of rotatable bonds is 5. The third kappa shape index (κ3) is 3.56. The maximum atomic E-state index is 13.5. The van der Waals surface area contributed by atoms with Crippen LogP contribution in [0.5, 0.6) is 0 Å². The fraction of sp³-hybridized carbons (Fsp3) is 0.273. The smallest absolute Gasteiger partial charge is 0.276 e. The first kappa shape index (κ1) is 18.5. The Balaban J connectivity index is 1.31. The number of hydrogen-bond donors (Lipinski definition) is 1. The summed E-state index contributed by atoms with van der Waals surface area (Å²) in [6.45, 7) is 1.29. The Morgan fingerprint density at radius 1 is 1.20 bits per heavy atom. The van der Waals surface area contributed by atoms with Crippen LogP contribution in [0, 0.1) is 5.82 Å². The summed E-state index contributed by atoms with van der Waals surface area (Å²) >= 11 is 0. The van der Waals surface area contributed by atoms with E-state index < -0.39 is 0 Å². The molecule has 3 heterocycles. The SMILES string of the molecule is O=C(c1cn(CCc2ccccc2)nn1)N1CCC[C@H]1c1nc2ccc(F)cc2[nH]1. The van der Waals surface area contributed by atoms with Gasteiger partial charge in [0, 0.05) is 13.1 Å². The van der Waals surface area contributed by atoms with E-state index in [0.717, 1.165) is 19.3 Å². The molecule has 4 aromatic rings. The summed E-state index contributed by atoms with van der Waals surface area (Å²) in [5.41, 5.74) is 2.87. The van der Waals surface area contributed by atoms with E-state index >= 15 is 0 Å². The van der Waals surface area contributed by atoms with E-state index in [-0.39, 0.29) is 17.8 Å². The third-order valence-corrected chi connectivity index (χ3v) is 5.52. The molecule has 1 fully saturated rings. The fourth-order valence-electron chi connectivity index (χ4n) is 3.99. The highest BCUT2D eigenvalue weighted by Crippen LogP contribution is 2.32. The number of nitrogens with one attached hydrogen (secondary N) is 1. The van der Waals surface area contributed by atoms with E-state index in [2.05, 4.69) is 32.4 Å². The second-order valence-electron chi connectivity index (χ2n) is 7.54. The molecule has 1 amide bonds. The van der Waals surface area contributed by atoms with Crippen LogP contribution in [0.4, 0.5) is 4.39 Å². The maximum absolute atomic E-state index is 13.5. The first-order chi connectivity index (χ1) is 14.7. The van der Waals surface area contributed by atoms with Crippen molar-refractivity contribution in [3.05, 3.63) is 77.6 Å². The lowest BCUT2D eigenvalue weighted by molar-refractivity contribution is 0.0724. The summed E-state index contributed by atoms with van der Waals surface area (Å²) in [7, 11) is 0. The minimum Gasteiger partial charge on any atom is -0.340 e. The largest absolute Gasteiger partial charge is 0.340 e. The number of aromatic nitrogens is 5. The van der Waals surface area contributed by atoms with Crippen LogP contribution in [0.25, 0.3) is 11.0 Å². The van der Waals surface area contributed by atoms with Gasteiger partial charge < -0.3 is 9.88 Å². The standard InChI is InChI=1S/C22H21FN6O/c23-16-8-9-17-18(13-16)25-21(24-17)20-7-4-11-29(20)22(30)19-14-28(27-26-19)12-10-15-5-2-1-3-6-15/h1-3,5-6,8-9,13-14,20H,4,7,10-12H2,(H,24,25)/t20-/m0/s1. The van der Waals surface area contributed by atoms with Gasteiger partial charge in [0.25, 0.3) is 5.91 Å². The number of aromatic amines is 1. The van der Waals surface area contributed by atoms with Gasteiger partial charge in [-0.2, -0.15) is 0 Å². The molecule has 0 unspecified atom stereocenters. The summed E-state index contributed by atoms with van der Waals surface area (Å²) in [5.74, 6) is 0.206. The Morgan fingerprint density at radius 3 is 2.93 bits per heavy atom. The number of benzene rings is 2.